The quantitative estimate of drug-likeness (QED) is 0.591. The Bertz CT molecular complexity index is 1130. The van der Waals surface area contributed by atoms with Gasteiger partial charge in [0.1, 0.15) is 10.6 Å². The second-order valence-corrected chi connectivity index (χ2v) is 8.75. The minimum Gasteiger partial charge on any atom is -0.351 e. The molecule has 0 aliphatic carbocycles. The largest absolute Gasteiger partial charge is 0.452 e. The lowest BCUT2D eigenvalue weighted by atomic mass is 10.1. The van der Waals surface area contributed by atoms with Crippen molar-refractivity contribution in [2.75, 3.05) is 4.72 Å². The summed E-state index contributed by atoms with van der Waals surface area (Å²) in [5.41, 5.74) is 0.578. The van der Waals surface area contributed by atoms with E-state index < -0.39 is 22.0 Å². The normalized spacial score (nSPS) is 12.2. The predicted octanol–water partition coefficient (Wildman–Crippen LogP) is 4.73. The second-order valence-electron chi connectivity index (χ2n) is 5.84. The molecule has 2 aromatic heterocycles. The van der Waals surface area contributed by atoms with Crippen LogP contribution in [-0.4, -0.2) is 19.4 Å². The van der Waals surface area contributed by atoms with Gasteiger partial charge in [-0.1, -0.05) is 5.16 Å². The van der Waals surface area contributed by atoms with Crippen molar-refractivity contribution in [2.24, 2.45) is 0 Å². The number of alkyl halides is 3. The zero-order valence-corrected chi connectivity index (χ0v) is 16.1. The summed E-state index contributed by atoms with van der Waals surface area (Å²) in [6.07, 6.45) is -4.68. The number of thiophene rings is 1. The molecule has 148 valence electrons. The van der Waals surface area contributed by atoms with E-state index in [-0.39, 0.29) is 26.9 Å². The van der Waals surface area contributed by atoms with Crippen LogP contribution in [0.15, 0.2) is 45.8 Å². The van der Waals surface area contributed by atoms with E-state index >= 15 is 0 Å². The lowest BCUT2D eigenvalue weighted by molar-refractivity contribution is -0.155. The molecule has 0 saturated carbocycles. The Hall–Kier alpha value is -2.66. The van der Waals surface area contributed by atoms with Crippen LogP contribution < -0.4 is 4.72 Å². The smallest absolute Gasteiger partial charge is 0.351 e. The third-order valence-corrected chi connectivity index (χ3v) is 6.46. The Balaban J connectivity index is 1.89. The number of aromatic nitrogens is 1. The van der Waals surface area contributed by atoms with Crippen molar-refractivity contribution in [1.29, 1.82) is 0 Å². The van der Waals surface area contributed by atoms with Gasteiger partial charge in [-0.3, -0.25) is 9.52 Å². The van der Waals surface area contributed by atoms with Gasteiger partial charge in [-0.2, -0.15) is 13.2 Å². The first-order valence-corrected chi connectivity index (χ1v) is 10.1. The molecule has 0 atom stereocenters. The van der Waals surface area contributed by atoms with Gasteiger partial charge >= 0.3 is 6.18 Å². The molecule has 0 aliphatic heterocycles. The van der Waals surface area contributed by atoms with Crippen LogP contribution >= 0.6 is 11.3 Å². The molecule has 3 rings (SSSR count). The van der Waals surface area contributed by atoms with Gasteiger partial charge in [-0.25, -0.2) is 8.42 Å². The molecular formula is C17H13F3N2O4S2. The number of hydrogen-bond acceptors (Lipinski definition) is 6. The van der Waals surface area contributed by atoms with Gasteiger partial charge in [0.2, 0.25) is 5.76 Å². The zero-order valence-electron chi connectivity index (χ0n) is 14.5. The van der Waals surface area contributed by atoms with Gasteiger partial charge in [0.15, 0.2) is 5.78 Å². The number of carbonyl (C=O) groups excluding carboxylic acids is 1. The van der Waals surface area contributed by atoms with Crippen LogP contribution in [0.4, 0.5) is 18.9 Å². The molecule has 0 unspecified atom stereocenters. The molecule has 0 saturated heterocycles. The van der Waals surface area contributed by atoms with Crippen LogP contribution in [0.5, 0.6) is 0 Å². The van der Waals surface area contributed by atoms with Gasteiger partial charge in [0.25, 0.3) is 10.0 Å². The Kier molecular flexibility index (Phi) is 5.06. The predicted molar refractivity (Wildman–Crippen MR) is 96.8 cm³/mol. The van der Waals surface area contributed by atoms with Crippen LogP contribution in [0.25, 0.3) is 10.6 Å². The summed E-state index contributed by atoms with van der Waals surface area (Å²) in [6, 6.07) is 7.83. The summed E-state index contributed by atoms with van der Waals surface area (Å²) in [5, 5.41) is 3.37. The topological polar surface area (TPSA) is 89.3 Å². The number of halogens is 3. The number of anilines is 1. The molecule has 0 amide bonds. The number of carbonyl (C=O) groups is 1. The first kappa shape index (κ1) is 20.1. The number of hydrogen-bond donors (Lipinski definition) is 1. The van der Waals surface area contributed by atoms with Crippen LogP contribution in [0.2, 0.25) is 0 Å². The van der Waals surface area contributed by atoms with Gasteiger partial charge in [0.05, 0.1) is 4.88 Å². The van der Waals surface area contributed by atoms with Crippen molar-refractivity contribution in [3.05, 3.63) is 52.6 Å². The lowest BCUT2D eigenvalue weighted by Crippen LogP contribution is -2.13. The van der Waals surface area contributed by atoms with Crippen molar-refractivity contribution < 1.29 is 30.9 Å². The van der Waals surface area contributed by atoms with Crippen molar-refractivity contribution in [2.45, 2.75) is 24.9 Å². The number of sulfonamides is 1. The average molecular weight is 430 g/mol. The molecule has 2 heterocycles. The van der Waals surface area contributed by atoms with E-state index in [0.29, 0.717) is 10.4 Å². The fraction of sp³-hybridized carbons (Fsp3) is 0.176. The van der Waals surface area contributed by atoms with E-state index in [4.69, 9.17) is 0 Å². The molecule has 0 radical (unpaired) electrons. The maximum absolute atomic E-state index is 12.7. The van der Waals surface area contributed by atoms with Crippen molar-refractivity contribution in [3.63, 3.8) is 0 Å². The Labute approximate surface area is 162 Å². The van der Waals surface area contributed by atoms with Crippen LogP contribution in [0.3, 0.4) is 0 Å². The highest BCUT2D eigenvalue weighted by molar-refractivity contribution is 7.93. The Morgan fingerprint density at radius 2 is 1.82 bits per heavy atom. The van der Waals surface area contributed by atoms with E-state index in [2.05, 4.69) is 14.4 Å². The highest BCUT2D eigenvalue weighted by Crippen LogP contribution is 2.37. The van der Waals surface area contributed by atoms with E-state index in [9.17, 15) is 26.4 Å². The number of nitrogens with zero attached hydrogens (tertiary/aromatic N) is 1. The molecule has 3 aromatic rings. The molecule has 0 fully saturated rings. The number of ketones is 1. The monoisotopic (exact) mass is 430 g/mol. The highest BCUT2D eigenvalue weighted by Gasteiger charge is 2.36. The number of rotatable bonds is 5. The van der Waals surface area contributed by atoms with Crippen molar-refractivity contribution in [1.82, 2.24) is 5.16 Å². The first-order chi connectivity index (χ1) is 13.0. The summed E-state index contributed by atoms with van der Waals surface area (Å²) >= 11 is 0.982. The fourth-order valence-corrected chi connectivity index (χ4v) is 4.97. The maximum Gasteiger partial charge on any atom is 0.452 e. The third kappa shape index (κ3) is 4.09. The molecule has 0 bridgehead atoms. The molecule has 6 nitrogen and oxygen atoms in total. The van der Waals surface area contributed by atoms with Crippen LogP contribution in [0, 0.1) is 6.92 Å². The van der Waals surface area contributed by atoms with Crippen LogP contribution in [-0.2, 0) is 16.2 Å². The van der Waals surface area contributed by atoms with Gasteiger partial charge in [-0.05, 0) is 44.2 Å². The Morgan fingerprint density at radius 1 is 1.18 bits per heavy atom. The van der Waals surface area contributed by atoms with E-state index in [1.807, 2.05) is 0 Å². The minimum absolute atomic E-state index is 0.0836. The third-order valence-electron chi connectivity index (χ3n) is 3.75. The van der Waals surface area contributed by atoms with Gasteiger partial charge in [-0.15, -0.1) is 11.3 Å². The first-order valence-electron chi connectivity index (χ1n) is 7.76. The summed E-state index contributed by atoms with van der Waals surface area (Å²) in [7, 11) is -3.99. The lowest BCUT2D eigenvalue weighted by Gasteiger charge is -2.08. The van der Waals surface area contributed by atoms with Gasteiger partial charge < -0.3 is 4.52 Å². The number of benzene rings is 1. The average Bonchev–Trinajstić information content (AvgIpc) is 3.21. The Morgan fingerprint density at radius 3 is 2.36 bits per heavy atom. The molecular weight excluding hydrogens is 417 g/mol. The standard InChI is InChI=1S/C17H13F3N2O4S2/c1-9(23)11-3-5-12(6-4-11)22-28(24,25)15-8-14(27-10(15)2)13-7-16(26-21-13)17(18,19)20/h3-8,22H,1-2H3. The molecule has 1 N–H and O–H groups in total. The highest BCUT2D eigenvalue weighted by atomic mass is 32.2. The number of Topliss-reactive ketones (excluding diaryl/α,β-unsaturated/α-hetero) is 1. The SMILES string of the molecule is CC(=O)c1ccc(NS(=O)(=O)c2cc(-c3cc(C(F)(F)F)on3)sc2C)cc1. The zero-order chi connectivity index (χ0) is 20.7. The summed E-state index contributed by atoms with van der Waals surface area (Å²) < 4.78 is 69.9. The van der Waals surface area contributed by atoms with E-state index in [0.717, 1.165) is 17.4 Å². The molecule has 28 heavy (non-hydrogen) atoms. The summed E-state index contributed by atoms with van der Waals surface area (Å²) in [4.78, 5) is 11.8. The fourth-order valence-electron chi connectivity index (χ4n) is 2.37. The summed E-state index contributed by atoms with van der Waals surface area (Å²) in [5.74, 6) is -1.42. The maximum atomic E-state index is 12.7. The number of nitrogens with one attached hydrogen (secondary N) is 1. The van der Waals surface area contributed by atoms with Crippen LogP contribution in [0.1, 0.15) is 27.9 Å². The molecule has 0 spiro atoms. The van der Waals surface area contributed by atoms with E-state index in [1.165, 1.54) is 44.2 Å². The second kappa shape index (κ2) is 7.06. The minimum atomic E-state index is -4.68. The molecule has 11 heteroatoms. The van der Waals surface area contributed by atoms with Crippen molar-refractivity contribution in [3.8, 4) is 10.6 Å². The summed E-state index contributed by atoms with van der Waals surface area (Å²) in [6.45, 7) is 2.93. The van der Waals surface area contributed by atoms with Crippen molar-refractivity contribution >= 4 is 32.8 Å². The van der Waals surface area contributed by atoms with E-state index in [1.54, 1.807) is 0 Å². The molecule has 1 aromatic carbocycles. The number of aryl methyl sites for hydroxylation is 1. The van der Waals surface area contributed by atoms with Gasteiger partial charge in [0, 0.05) is 22.2 Å². The molecule has 0 aliphatic rings.